The highest BCUT2D eigenvalue weighted by molar-refractivity contribution is 7.86. The molecule has 128 valence electrons. The van der Waals surface area contributed by atoms with Crippen LogP contribution in [-0.2, 0) is 8.85 Å². The summed E-state index contributed by atoms with van der Waals surface area (Å²) in [5.41, 5.74) is 0.249. The topological polar surface area (TPSA) is 18.5 Å². The van der Waals surface area contributed by atoms with E-state index in [0.29, 0.717) is 0 Å². The van der Waals surface area contributed by atoms with E-state index in [0.717, 1.165) is 19.6 Å². The highest BCUT2D eigenvalue weighted by Crippen LogP contribution is 2.46. The van der Waals surface area contributed by atoms with E-state index in [9.17, 15) is 0 Å². The molecule has 0 saturated carbocycles. The molecule has 0 aromatic carbocycles. The van der Waals surface area contributed by atoms with Gasteiger partial charge in [-0.15, -0.1) is 0 Å². The normalized spacial score (nSPS) is 16.3. The monoisotopic (exact) mass is 350 g/mol. The zero-order valence-corrected chi connectivity index (χ0v) is 18.6. The van der Waals surface area contributed by atoms with Gasteiger partial charge in [0.25, 0.3) is 0 Å². The molecule has 0 heterocycles. The summed E-state index contributed by atoms with van der Waals surface area (Å²) in [6.07, 6.45) is 1.10. The fraction of sp³-hybridized carbons (Fsp3) is 1.00. The Morgan fingerprint density at radius 2 is 1.24 bits per heavy atom. The third-order valence-electron chi connectivity index (χ3n) is 4.77. The van der Waals surface area contributed by atoms with Crippen LogP contribution in [0.3, 0.4) is 0 Å². The molecular weight excluding hydrogens is 312 g/mol. The molecule has 0 aliphatic heterocycles. The van der Waals surface area contributed by atoms with Gasteiger partial charge in [0.1, 0.15) is 0 Å². The predicted octanol–water partition coefficient (Wildman–Crippen LogP) is 4.97. The standard InChI is InChI=1S/C16H38O2SSi2/c1-9-17-20(18-10-2)16(19,14-15(6,7)8)21(11-3,12-4)13-5/h19-20H,9-14H2,1-8H3/t16-/m1/s1. The van der Waals surface area contributed by atoms with Crippen LogP contribution in [0.2, 0.25) is 18.1 Å². The minimum atomic E-state index is -1.82. The van der Waals surface area contributed by atoms with Gasteiger partial charge in [0, 0.05) is 17.2 Å². The number of hydrogen-bond donors (Lipinski definition) is 1. The molecule has 0 aliphatic rings. The van der Waals surface area contributed by atoms with Crippen LogP contribution in [0, 0.1) is 5.41 Å². The van der Waals surface area contributed by atoms with Gasteiger partial charge >= 0.3 is 9.28 Å². The van der Waals surface area contributed by atoms with Crippen molar-refractivity contribution >= 4 is 30.0 Å². The summed E-state index contributed by atoms with van der Waals surface area (Å²) in [6.45, 7) is 19.7. The summed E-state index contributed by atoms with van der Waals surface area (Å²) in [5, 5.41) is 0. The second kappa shape index (κ2) is 9.11. The van der Waals surface area contributed by atoms with Gasteiger partial charge in [0.05, 0.1) is 8.07 Å². The van der Waals surface area contributed by atoms with Crippen molar-refractivity contribution in [3.63, 3.8) is 0 Å². The molecule has 21 heavy (non-hydrogen) atoms. The summed E-state index contributed by atoms with van der Waals surface area (Å²) in [4.78, 5) is 0. The second-order valence-electron chi connectivity index (χ2n) is 7.25. The molecule has 0 aromatic heterocycles. The Labute approximate surface area is 141 Å². The Bertz CT molecular complexity index is 276. The molecule has 0 rings (SSSR count). The lowest BCUT2D eigenvalue weighted by atomic mass is 9.93. The second-order valence-corrected chi connectivity index (χ2v) is 17.4. The minimum absolute atomic E-state index is 0.00444. The molecule has 0 amide bonds. The van der Waals surface area contributed by atoms with Crippen LogP contribution in [0.1, 0.15) is 61.8 Å². The highest BCUT2D eigenvalue weighted by atomic mass is 32.1. The molecule has 0 radical (unpaired) electrons. The van der Waals surface area contributed by atoms with E-state index in [1.807, 2.05) is 0 Å². The molecule has 0 fully saturated rings. The number of thiol groups is 1. The molecule has 0 unspecified atom stereocenters. The summed E-state index contributed by atoms with van der Waals surface area (Å²) in [7, 11) is -3.36. The molecule has 1 atom stereocenters. The Hall–Kier alpha value is 0.704. The average Bonchev–Trinajstić information content (AvgIpc) is 2.39. The lowest BCUT2D eigenvalue weighted by molar-refractivity contribution is 0.199. The Morgan fingerprint density at radius 1 is 0.857 bits per heavy atom. The smallest absolute Gasteiger partial charge is 0.334 e. The fourth-order valence-corrected chi connectivity index (χ4v) is 16.6. The van der Waals surface area contributed by atoms with Crippen molar-refractivity contribution in [1.82, 2.24) is 0 Å². The van der Waals surface area contributed by atoms with Crippen LogP contribution in [0.5, 0.6) is 0 Å². The third kappa shape index (κ3) is 5.38. The van der Waals surface area contributed by atoms with Crippen molar-refractivity contribution in [3.8, 4) is 0 Å². The first-order valence-corrected chi connectivity index (χ1v) is 13.2. The lowest BCUT2D eigenvalue weighted by Gasteiger charge is -2.50. The Balaban J connectivity index is 5.82. The van der Waals surface area contributed by atoms with E-state index in [1.165, 1.54) is 18.1 Å². The third-order valence-corrected chi connectivity index (χ3v) is 17.9. The predicted molar refractivity (Wildman–Crippen MR) is 103 cm³/mol. The van der Waals surface area contributed by atoms with E-state index in [2.05, 4.69) is 55.4 Å². The van der Waals surface area contributed by atoms with Crippen molar-refractivity contribution in [2.24, 2.45) is 5.41 Å². The lowest BCUT2D eigenvalue weighted by Crippen LogP contribution is -2.65. The van der Waals surface area contributed by atoms with Crippen LogP contribution >= 0.6 is 12.6 Å². The van der Waals surface area contributed by atoms with Gasteiger partial charge in [0.2, 0.25) is 0 Å². The Morgan fingerprint density at radius 3 is 1.48 bits per heavy atom. The van der Waals surface area contributed by atoms with Crippen LogP contribution in [0.4, 0.5) is 0 Å². The van der Waals surface area contributed by atoms with Crippen molar-refractivity contribution < 1.29 is 8.85 Å². The Kier molecular flexibility index (Phi) is 9.42. The molecule has 2 nitrogen and oxygen atoms in total. The maximum absolute atomic E-state index is 6.18. The first kappa shape index (κ1) is 21.7. The van der Waals surface area contributed by atoms with Gasteiger partial charge in [-0.25, -0.2) is 0 Å². The molecule has 5 heteroatoms. The molecule has 0 N–H and O–H groups in total. The first-order chi connectivity index (χ1) is 9.66. The van der Waals surface area contributed by atoms with Crippen molar-refractivity contribution in [2.75, 3.05) is 13.2 Å². The van der Waals surface area contributed by atoms with E-state index in [1.54, 1.807) is 0 Å². The van der Waals surface area contributed by atoms with Gasteiger partial charge < -0.3 is 8.85 Å². The van der Waals surface area contributed by atoms with Gasteiger partial charge in [-0.05, 0) is 25.7 Å². The van der Waals surface area contributed by atoms with Crippen LogP contribution in [0.25, 0.3) is 0 Å². The summed E-state index contributed by atoms with van der Waals surface area (Å²) in [6, 6.07) is 3.80. The number of hydrogen-bond acceptors (Lipinski definition) is 3. The molecular formula is C16H38O2SSi2. The van der Waals surface area contributed by atoms with E-state index in [4.69, 9.17) is 21.5 Å². The van der Waals surface area contributed by atoms with Crippen LogP contribution in [0.15, 0.2) is 0 Å². The molecule has 0 saturated heterocycles. The fourth-order valence-electron chi connectivity index (χ4n) is 3.62. The molecule has 0 aliphatic carbocycles. The van der Waals surface area contributed by atoms with Crippen LogP contribution in [-0.4, -0.2) is 34.6 Å². The quantitative estimate of drug-likeness (QED) is 0.443. The number of rotatable bonds is 10. The van der Waals surface area contributed by atoms with Gasteiger partial charge in [0.15, 0.2) is 0 Å². The van der Waals surface area contributed by atoms with Crippen molar-refractivity contribution in [1.29, 1.82) is 0 Å². The maximum atomic E-state index is 6.18. The van der Waals surface area contributed by atoms with E-state index >= 15 is 0 Å². The molecule has 0 spiro atoms. The SMILES string of the molecule is CCO[SiH](OCC)[C@](S)(CC(C)(C)C)[Si](CC)(CC)CC. The van der Waals surface area contributed by atoms with Gasteiger partial charge in [-0.1, -0.05) is 59.7 Å². The largest absolute Gasteiger partial charge is 0.396 e. The van der Waals surface area contributed by atoms with Crippen LogP contribution < -0.4 is 0 Å². The zero-order chi connectivity index (χ0) is 16.7. The van der Waals surface area contributed by atoms with Crippen molar-refractivity contribution in [3.05, 3.63) is 0 Å². The summed E-state index contributed by atoms with van der Waals surface area (Å²) >= 11 is 5.37. The summed E-state index contributed by atoms with van der Waals surface area (Å²) in [5.74, 6) is 0. The van der Waals surface area contributed by atoms with E-state index < -0.39 is 17.4 Å². The first-order valence-electron chi connectivity index (χ1n) is 8.61. The average molecular weight is 351 g/mol. The summed E-state index contributed by atoms with van der Waals surface area (Å²) < 4.78 is 12.4. The highest BCUT2D eigenvalue weighted by Gasteiger charge is 2.56. The van der Waals surface area contributed by atoms with Gasteiger partial charge in [-0.3, -0.25) is 0 Å². The minimum Gasteiger partial charge on any atom is -0.396 e. The van der Waals surface area contributed by atoms with Gasteiger partial charge in [-0.2, -0.15) is 12.6 Å². The van der Waals surface area contributed by atoms with E-state index in [-0.39, 0.29) is 9.41 Å². The maximum Gasteiger partial charge on any atom is 0.334 e. The zero-order valence-electron chi connectivity index (χ0n) is 15.6. The molecule has 0 aromatic rings. The van der Waals surface area contributed by atoms with Crippen molar-refractivity contribution in [2.45, 2.75) is 83.9 Å². The molecule has 0 bridgehead atoms.